The number of benzene rings is 1. The molecule has 1 aromatic rings. The van der Waals surface area contributed by atoms with Crippen LogP contribution in [0.2, 0.25) is 0 Å². The largest absolute Gasteiger partial charge is 0.493 e. The molecule has 4 heteroatoms. The summed E-state index contributed by atoms with van der Waals surface area (Å²) in [6.45, 7) is 2.40. The Morgan fingerprint density at radius 3 is 2.62 bits per heavy atom. The van der Waals surface area contributed by atoms with E-state index in [0.717, 1.165) is 24.2 Å². The van der Waals surface area contributed by atoms with Crippen LogP contribution in [0.5, 0.6) is 11.5 Å². The molecule has 0 saturated heterocycles. The molecular formula is C17H22N2O2. The van der Waals surface area contributed by atoms with Gasteiger partial charge in [-0.2, -0.15) is 5.26 Å². The van der Waals surface area contributed by atoms with E-state index in [-0.39, 0.29) is 0 Å². The fourth-order valence-electron chi connectivity index (χ4n) is 2.69. The molecule has 2 aliphatic rings. The number of hydrogen-bond acceptors (Lipinski definition) is 4. The van der Waals surface area contributed by atoms with Crippen molar-refractivity contribution in [1.82, 2.24) is 5.32 Å². The molecule has 0 radical (unpaired) electrons. The fraction of sp³-hybridized carbons (Fsp3) is 0.588. The SMILES string of the molecule is COc1cc(C)ccc1OCC(C#N)(NC1CC1)C1CC1. The van der Waals surface area contributed by atoms with Gasteiger partial charge in [0.2, 0.25) is 0 Å². The van der Waals surface area contributed by atoms with Gasteiger partial charge in [-0.1, -0.05) is 6.07 Å². The molecule has 1 N–H and O–H groups in total. The summed E-state index contributed by atoms with van der Waals surface area (Å²) >= 11 is 0. The molecule has 0 aliphatic heterocycles. The first kappa shape index (κ1) is 14.2. The van der Waals surface area contributed by atoms with Crippen molar-refractivity contribution in [2.24, 2.45) is 5.92 Å². The maximum Gasteiger partial charge on any atom is 0.161 e. The van der Waals surface area contributed by atoms with E-state index in [0.29, 0.717) is 24.3 Å². The number of rotatable bonds is 7. The molecule has 1 unspecified atom stereocenters. The highest BCUT2D eigenvalue weighted by molar-refractivity contribution is 5.42. The van der Waals surface area contributed by atoms with Gasteiger partial charge in [0.15, 0.2) is 11.5 Å². The topological polar surface area (TPSA) is 54.3 Å². The summed E-state index contributed by atoms with van der Waals surface area (Å²) in [6, 6.07) is 8.85. The first-order chi connectivity index (χ1) is 10.2. The van der Waals surface area contributed by atoms with Crippen molar-refractivity contribution in [2.75, 3.05) is 13.7 Å². The van der Waals surface area contributed by atoms with E-state index in [9.17, 15) is 5.26 Å². The molecule has 1 atom stereocenters. The summed E-state index contributed by atoms with van der Waals surface area (Å²) in [5.74, 6) is 1.85. The van der Waals surface area contributed by atoms with Crippen LogP contribution in [0, 0.1) is 24.2 Å². The number of nitrogens with one attached hydrogen (secondary N) is 1. The van der Waals surface area contributed by atoms with Gasteiger partial charge in [0, 0.05) is 6.04 Å². The molecule has 0 aromatic heterocycles. The van der Waals surface area contributed by atoms with Gasteiger partial charge >= 0.3 is 0 Å². The molecule has 3 rings (SSSR count). The average molecular weight is 286 g/mol. The number of aryl methyl sites for hydroxylation is 1. The predicted octanol–water partition coefficient (Wildman–Crippen LogP) is 2.81. The lowest BCUT2D eigenvalue weighted by Crippen LogP contribution is -2.52. The van der Waals surface area contributed by atoms with Crippen molar-refractivity contribution in [3.05, 3.63) is 23.8 Å². The van der Waals surface area contributed by atoms with Crippen LogP contribution < -0.4 is 14.8 Å². The monoisotopic (exact) mass is 286 g/mol. The molecule has 0 amide bonds. The highest BCUT2D eigenvalue weighted by Gasteiger charge is 2.49. The van der Waals surface area contributed by atoms with Crippen molar-refractivity contribution in [3.63, 3.8) is 0 Å². The Morgan fingerprint density at radius 2 is 2.05 bits per heavy atom. The Kier molecular flexibility index (Phi) is 3.77. The van der Waals surface area contributed by atoms with Gasteiger partial charge in [-0.25, -0.2) is 0 Å². The van der Waals surface area contributed by atoms with Crippen LogP contribution >= 0.6 is 0 Å². The van der Waals surface area contributed by atoms with Gasteiger partial charge < -0.3 is 9.47 Å². The van der Waals surface area contributed by atoms with Crippen molar-refractivity contribution in [3.8, 4) is 17.6 Å². The lowest BCUT2D eigenvalue weighted by Gasteiger charge is -2.28. The van der Waals surface area contributed by atoms with E-state index < -0.39 is 5.54 Å². The Bertz CT molecular complexity index is 558. The fourth-order valence-corrected chi connectivity index (χ4v) is 2.69. The molecule has 0 heterocycles. The highest BCUT2D eigenvalue weighted by Crippen LogP contribution is 2.42. The second-order valence-electron chi connectivity index (χ2n) is 6.22. The van der Waals surface area contributed by atoms with Crippen LogP contribution in [0.3, 0.4) is 0 Å². The molecule has 2 saturated carbocycles. The minimum atomic E-state index is -0.545. The highest BCUT2D eigenvalue weighted by atomic mass is 16.5. The molecule has 0 spiro atoms. The normalized spacial score (nSPS) is 20.4. The van der Waals surface area contributed by atoms with E-state index >= 15 is 0 Å². The van der Waals surface area contributed by atoms with Crippen LogP contribution in [-0.4, -0.2) is 25.3 Å². The molecule has 2 fully saturated rings. The summed E-state index contributed by atoms with van der Waals surface area (Å²) in [5, 5.41) is 13.2. The lowest BCUT2D eigenvalue weighted by molar-refractivity contribution is 0.194. The van der Waals surface area contributed by atoms with Crippen molar-refractivity contribution >= 4 is 0 Å². The van der Waals surface area contributed by atoms with Crippen molar-refractivity contribution in [2.45, 2.75) is 44.2 Å². The average Bonchev–Trinajstić information content (AvgIpc) is 3.37. The smallest absolute Gasteiger partial charge is 0.161 e. The Hall–Kier alpha value is -1.73. The summed E-state index contributed by atoms with van der Waals surface area (Å²) in [4.78, 5) is 0. The van der Waals surface area contributed by atoms with Crippen LogP contribution in [0.1, 0.15) is 31.2 Å². The van der Waals surface area contributed by atoms with E-state index in [1.165, 1.54) is 12.8 Å². The van der Waals surface area contributed by atoms with E-state index in [2.05, 4.69) is 11.4 Å². The zero-order chi connectivity index (χ0) is 14.9. The van der Waals surface area contributed by atoms with Crippen LogP contribution in [0.25, 0.3) is 0 Å². The third-order valence-electron chi connectivity index (χ3n) is 4.29. The third-order valence-corrected chi connectivity index (χ3v) is 4.29. The summed E-state index contributed by atoms with van der Waals surface area (Å²) in [5.41, 5.74) is 0.584. The zero-order valence-corrected chi connectivity index (χ0v) is 12.7. The molecule has 21 heavy (non-hydrogen) atoms. The first-order valence-electron chi connectivity index (χ1n) is 7.63. The van der Waals surface area contributed by atoms with E-state index in [4.69, 9.17) is 9.47 Å². The molecule has 0 bridgehead atoms. The maximum absolute atomic E-state index is 9.69. The van der Waals surface area contributed by atoms with E-state index in [1.54, 1.807) is 7.11 Å². The van der Waals surface area contributed by atoms with Crippen LogP contribution in [0.15, 0.2) is 18.2 Å². The zero-order valence-electron chi connectivity index (χ0n) is 12.7. The number of nitriles is 1. The summed E-state index contributed by atoms with van der Waals surface area (Å²) in [6.07, 6.45) is 4.57. The molecule has 4 nitrogen and oxygen atoms in total. The molecule has 112 valence electrons. The molecular weight excluding hydrogens is 264 g/mol. The number of nitrogens with zero attached hydrogens (tertiary/aromatic N) is 1. The maximum atomic E-state index is 9.69. The number of methoxy groups -OCH3 is 1. The van der Waals surface area contributed by atoms with E-state index in [1.807, 2.05) is 25.1 Å². The molecule has 1 aromatic carbocycles. The Labute approximate surface area is 126 Å². The Balaban J connectivity index is 1.73. The number of hydrogen-bond donors (Lipinski definition) is 1. The minimum absolute atomic E-state index is 0.379. The summed E-state index contributed by atoms with van der Waals surface area (Å²) in [7, 11) is 1.64. The van der Waals surface area contributed by atoms with Gasteiger partial charge in [0.05, 0.1) is 13.2 Å². The lowest BCUT2D eigenvalue weighted by atomic mass is 9.96. The van der Waals surface area contributed by atoms with Gasteiger partial charge in [-0.05, 0) is 56.2 Å². The van der Waals surface area contributed by atoms with Crippen LogP contribution in [-0.2, 0) is 0 Å². The second kappa shape index (κ2) is 5.57. The van der Waals surface area contributed by atoms with Crippen LogP contribution in [0.4, 0.5) is 0 Å². The van der Waals surface area contributed by atoms with Crippen molar-refractivity contribution in [1.29, 1.82) is 5.26 Å². The quantitative estimate of drug-likeness (QED) is 0.837. The summed E-state index contributed by atoms with van der Waals surface area (Å²) < 4.78 is 11.3. The minimum Gasteiger partial charge on any atom is -0.493 e. The number of ether oxygens (including phenoxy) is 2. The van der Waals surface area contributed by atoms with Gasteiger partial charge in [-0.3, -0.25) is 5.32 Å². The third kappa shape index (κ3) is 3.14. The van der Waals surface area contributed by atoms with Crippen molar-refractivity contribution < 1.29 is 9.47 Å². The molecule has 2 aliphatic carbocycles. The first-order valence-corrected chi connectivity index (χ1v) is 7.63. The Morgan fingerprint density at radius 1 is 1.29 bits per heavy atom. The standard InChI is InChI=1S/C17H22N2O2/c1-12-3-8-15(16(9-12)20-2)21-11-17(10-18,13-4-5-13)19-14-6-7-14/h3,8-9,13-14,19H,4-7,11H2,1-2H3. The van der Waals surface area contributed by atoms with Gasteiger partial charge in [0.1, 0.15) is 12.1 Å². The van der Waals surface area contributed by atoms with Gasteiger partial charge in [-0.15, -0.1) is 0 Å². The second-order valence-corrected chi connectivity index (χ2v) is 6.22. The predicted molar refractivity (Wildman–Crippen MR) is 80.5 cm³/mol. The van der Waals surface area contributed by atoms with Gasteiger partial charge in [0.25, 0.3) is 0 Å².